The molecule has 29 heavy (non-hydrogen) atoms. The lowest BCUT2D eigenvalue weighted by molar-refractivity contribution is -0.120. The molecule has 6 heteroatoms. The van der Waals surface area contributed by atoms with Gasteiger partial charge in [-0.2, -0.15) is 0 Å². The number of rotatable bonds is 5. The first kappa shape index (κ1) is 19.0. The highest BCUT2D eigenvalue weighted by atomic mass is 32.2. The maximum atomic E-state index is 13.3. The summed E-state index contributed by atoms with van der Waals surface area (Å²) in [5, 5.41) is 3.09. The SMILES string of the molecule is Cc1ccc(SC2=C(Nc3ccccc3)C(=O)N(c3ccc(F)cc3)C2=O)cc1. The minimum absolute atomic E-state index is 0.205. The zero-order chi connectivity index (χ0) is 20.4. The second-order valence-electron chi connectivity index (χ2n) is 6.53. The average molecular weight is 404 g/mol. The van der Waals surface area contributed by atoms with E-state index in [1.165, 1.54) is 36.0 Å². The van der Waals surface area contributed by atoms with Gasteiger partial charge >= 0.3 is 0 Å². The Morgan fingerprint density at radius 3 is 2.14 bits per heavy atom. The summed E-state index contributed by atoms with van der Waals surface area (Å²) >= 11 is 1.23. The van der Waals surface area contributed by atoms with E-state index in [9.17, 15) is 14.0 Å². The van der Waals surface area contributed by atoms with Crippen LogP contribution in [0.15, 0.2) is 94.4 Å². The first-order chi connectivity index (χ1) is 14.0. The lowest BCUT2D eigenvalue weighted by atomic mass is 10.2. The lowest BCUT2D eigenvalue weighted by Crippen LogP contribution is -2.32. The standard InChI is InChI=1S/C23H17FN2O2S/c1-15-7-13-19(14-8-15)29-21-20(25-17-5-3-2-4-6-17)22(27)26(23(21)28)18-11-9-16(24)10-12-18/h2-14,25H,1H3. The zero-order valence-corrected chi connectivity index (χ0v) is 16.4. The summed E-state index contributed by atoms with van der Waals surface area (Å²) in [6.45, 7) is 1.98. The molecule has 1 heterocycles. The summed E-state index contributed by atoms with van der Waals surface area (Å²) in [4.78, 5) is 28.5. The number of hydrogen-bond donors (Lipinski definition) is 1. The molecule has 0 aliphatic carbocycles. The van der Waals surface area contributed by atoms with Crippen LogP contribution in [0.4, 0.5) is 15.8 Å². The summed E-state index contributed by atoms with van der Waals surface area (Å²) in [6, 6.07) is 22.2. The predicted molar refractivity (Wildman–Crippen MR) is 113 cm³/mol. The van der Waals surface area contributed by atoms with Crippen LogP contribution in [0.25, 0.3) is 0 Å². The summed E-state index contributed by atoms with van der Waals surface area (Å²) in [5.41, 5.74) is 2.34. The van der Waals surface area contributed by atoms with Crippen LogP contribution in [-0.4, -0.2) is 11.8 Å². The van der Waals surface area contributed by atoms with Crippen molar-refractivity contribution in [2.75, 3.05) is 10.2 Å². The third kappa shape index (κ3) is 3.93. The Labute approximate surface area is 172 Å². The van der Waals surface area contributed by atoms with Crippen molar-refractivity contribution < 1.29 is 14.0 Å². The van der Waals surface area contributed by atoms with E-state index in [0.29, 0.717) is 16.3 Å². The molecule has 0 spiro atoms. The van der Waals surface area contributed by atoms with Gasteiger partial charge in [0.15, 0.2) is 0 Å². The lowest BCUT2D eigenvalue weighted by Gasteiger charge is -2.15. The summed E-state index contributed by atoms with van der Waals surface area (Å²) in [7, 11) is 0. The number of imide groups is 1. The molecule has 0 atom stereocenters. The molecule has 0 unspecified atom stereocenters. The van der Waals surface area contributed by atoms with Crippen LogP contribution in [0, 0.1) is 12.7 Å². The van der Waals surface area contributed by atoms with E-state index >= 15 is 0 Å². The number of anilines is 2. The van der Waals surface area contributed by atoms with Crippen molar-refractivity contribution in [3.63, 3.8) is 0 Å². The minimum Gasteiger partial charge on any atom is -0.350 e. The molecule has 0 fully saturated rings. The molecule has 0 saturated heterocycles. The molecule has 3 aromatic carbocycles. The van der Waals surface area contributed by atoms with E-state index in [4.69, 9.17) is 0 Å². The molecule has 144 valence electrons. The molecule has 3 aromatic rings. The highest BCUT2D eigenvalue weighted by molar-refractivity contribution is 8.04. The van der Waals surface area contributed by atoms with Crippen molar-refractivity contribution in [1.29, 1.82) is 0 Å². The van der Waals surface area contributed by atoms with Gasteiger partial charge in [-0.3, -0.25) is 9.59 Å². The second-order valence-corrected chi connectivity index (χ2v) is 7.62. The molecule has 0 radical (unpaired) electrons. The van der Waals surface area contributed by atoms with Crippen LogP contribution in [0.3, 0.4) is 0 Å². The van der Waals surface area contributed by atoms with Crippen LogP contribution in [0.1, 0.15) is 5.56 Å². The van der Waals surface area contributed by atoms with Crippen molar-refractivity contribution in [3.05, 3.63) is 101 Å². The van der Waals surface area contributed by atoms with Gasteiger partial charge < -0.3 is 5.32 Å². The maximum absolute atomic E-state index is 13.3. The van der Waals surface area contributed by atoms with E-state index in [-0.39, 0.29) is 5.70 Å². The first-order valence-corrected chi connectivity index (χ1v) is 9.80. The fourth-order valence-corrected chi connectivity index (χ4v) is 3.86. The number of nitrogens with zero attached hydrogens (tertiary/aromatic N) is 1. The largest absolute Gasteiger partial charge is 0.350 e. The maximum Gasteiger partial charge on any atom is 0.283 e. The number of benzene rings is 3. The summed E-state index contributed by atoms with van der Waals surface area (Å²) in [6.07, 6.45) is 0. The highest BCUT2D eigenvalue weighted by Crippen LogP contribution is 2.37. The molecule has 0 saturated carbocycles. The molecule has 1 aliphatic rings. The Morgan fingerprint density at radius 1 is 0.828 bits per heavy atom. The number of nitrogens with one attached hydrogen (secondary N) is 1. The van der Waals surface area contributed by atoms with E-state index in [2.05, 4.69) is 5.32 Å². The molecule has 0 aromatic heterocycles. The molecular formula is C23H17FN2O2S. The van der Waals surface area contributed by atoms with Gasteiger partial charge in [0.25, 0.3) is 11.8 Å². The first-order valence-electron chi connectivity index (χ1n) is 8.98. The fourth-order valence-electron chi connectivity index (χ4n) is 2.93. The van der Waals surface area contributed by atoms with Gasteiger partial charge in [-0.25, -0.2) is 9.29 Å². The van der Waals surface area contributed by atoms with Crippen molar-refractivity contribution in [2.24, 2.45) is 0 Å². The number of carbonyl (C=O) groups is 2. The molecule has 2 amide bonds. The molecule has 1 N–H and O–H groups in total. The minimum atomic E-state index is -0.472. The number of aryl methyl sites for hydroxylation is 1. The Balaban J connectivity index is 1.73. The van der Waals surface area contributed by atoms with E-state index in [1.807, 2.05) is 61.5 Å². The van der Waals surface area contributed by atoms with Crippen molar-refractivity contribution in [2.45, 2.75) is 11.8 Å². The Morgan fingerprint density at radius 2 is 1.48 bits per heavy atom. The third-order valence-corrected chi connectivity index (χ3v) is 5.50. The summed E-state index contributed by atoms with van der Waals surface area (Å²) < 4.78 is 13.3. The van der Waals surface area contributed by atoms with Crippen molar-refractivity contribution in [1.82, 2.24) is 0 Å². The van der Waals surface area contributed by atoms with Gasteiger partial charge in [0.2, 0.25) is 0 Å². The van der Waals surface area contributed by atoms with E-state index in [0.717, 1.165) is 15.4 Å². The van der Waals surface area contributed by atoms with Crippen LogP contribution >= 0.6 is 11.8 Å². The van der Waals surface area contributed by atoms with Crippen LogP contribution in [0.5, 0.6) is 0 Å². The smallest absolute Gasteiger partial charge is 0.283 e. The molecule has 4 nitrogen and oxygen atoms in total. The number of halogens is 1. The van der Waals surface area contributed by atoms with E-state index in [1.54, 1.807) is 0 Å². The van der Waals surface area contributed by atoms with Crippen LogP contribution in [-0.2, 0) is 9.59 Å². The number of para-hydroxylation sites is 1. The van der Waals surface area contributed by atoms with Crippen molar-refractivity contribution >= 4 is 35.0 Å². The Kier molecular flexibility index (Phi) is 5.18. The molecular weight excluding hydrogens is 387 g/mol. The van der Waals surface area contributed by atoms with Gasteiger partial charge in [0, 0.05) is 10.6 Å². The monoisotopic (exact) mass is 404 g/mol. The van der Waals surface area contributed by atoms with Gasteiger partial charge in [-0.1, -0.05) is 47.7 Å². The topological polar surface area (TPSA) is 49.4 Å². The molecule has 0 bridgehead atoms. The number of amides is 2. The predicted octanol–water partition coefficient (Wildman–Crippen LogP) is 5.12. The van der Waals surface area contributed by atoms with E-state index < -0.39 is 17.6 Å². The fraction of sp³-hybridized carbons (Fsp3) is 0.0435. The van der Waals surface area contributed by atoms with Gasteiger partial charge in [0.05, 0.1) is 5.69 Å². The Bertz CT molecular complexity index is 1090. The molecule has 4 rings (SSSR count). The van der Waals surface area contributed by atoms with Crippen LogP contribution in [0.2, 0.25) is 0 Å². The third-order valence-electron chi connectivity index (χ3n) is 4.41. The second kappa shape index (κ2) is 7.93. The average Bonchev–Trinajstić information content (AvgIpc) is 2.95. The van der Waals surface area contributed by atoms with Crippen molar-refractivity contribution in [3.8, 4) is 0 Å². The zero-order valence-electron chi connectivity index (χ0n) is 15.6. The van der Waals surface area contributed by atoms with Gasteiger partial charge in [-0.15, -0.1) is 0 Å². The van der Waals surface area contributed by atoms with Crippen LogP contribution < -0.4 is 10.2 Å². The quantitative estimate of drug-likeness (QED) is 0.600. The molecule has 1 aliphatic heterocycles. The van der Waals surface area contributed by atoms with Gasteiger partial charge in [-0.05, 0) is 55.5 Å². The van der Waals surface area contributed by atoms with Gasteiger partial charge in [0.1, 0.15) is 16.4 Å². The normalized spacial score (nSPS) is 13.9. The highest BCUT2D eigenvalue weighted by Gasteiger charge is 2.40. The summed E-state index contributed by atoms with van der Waals surface area (Å²) in [5.74, 6) is -1.34. The number of carbonyl (C=O) groups excluding carboxylic acids is 2. The number of hydrogen-bond acceptors (Lipinski definition) is 4. The Hall–Kier alpha value is -3.38. The number of thioether (sulfide) groups is 1.